The molecule has 7 rings (SSSR count). The number of nitro groups is 2. The molecule has 0 saturated heterocycles. The van der Waals surface area contributed by atoms with Gasteiger partial charge in [-0.15, -0.1) is 10.8 Å². The van der Waals surface area contributed by atoms with Crippen LogP contribution in [0.5, 0.6) is 17.2 Å². The van der Waals surface area contributed by atoms with Crippen LogP contribution in [-0.2, 0) is 27.5 Å². The van der Waals surface area contributed by atoms with Crippen LogP contribution in [0.1, 0.15) is 8.55 Å². The Morgan fingerprint density at radius 2 is 1.23 bits per heavy atom. The minimum Gasteiger partial charge on any atom is -0.871 e. The number of aryl methyl sites for hydroxylation is 1. The van der Waals surface area contributed by atoms with Gasteiger partial charge in [-0.3, -0.25) is 25.0 Å². The molecule has 1 aromatic heterocycles. The second-order valence-corrected chi connectivity index (χ2v) is 12.9. The van der Waals surface area contributed by atoms with Crippen LogP contribution in [0.4, 0.5) is 34.1 Å². The first-order valence-electron chi connectivity index (χ1n) is 15.8. The van der Waals surface area contributed by atoms with Gasteiger partial charge in [-0.1, -0.05) is 84.8 Å². The number of fused-ring (bicyclic) bond motifs is 2. The predicted octanol–water partition coefficient (Wildman–Crippen LogP) is 6.09. The monoisotopic (exact) mass is 827 g/mol. The van der Waals surface area contributed by atoms with Gasteiger partial charge in [0.15, 0.2) is 0 Å². The van der Waals surface area contributed by atoms with E-state index in [-0.39, 0.29) is 59.4 Å². The zero-order valence-corrected chi connectivity index (χ0v) is 30.9. The van der Waals surface area contributed by atoms with Crippen molar-refractivity contribution in [1.29, 1.82) is 0 Å². The Balaban J connectivity index is 0.000000306. The fourth-order valence-corrected chi connectivity index (χ4v) is 6.05. The van der Waals surface area contributed by atoms with Crippen molar-refractivity contribution in [2.45, 2.75) is 11.8 Å². The van der Waals surface area contributed by atoms with Crippen LogP contribution in [0.15, 0.2) is 139 Å². The number of hydrogen-bond acceptors (Lipinski definition) is 15. The van der Waals surface area contributed by atoms with E-state index >= 15 is 0 Å². The maximum atomic E-state index is 12.5. The molecule has 0 spiro atoms. The number of para-hydroxylation sites is 1. The van der Waals surface area contributed by atoms with Gasteiger partial charge in [0.25, 0.3) is 16.9 Å². The molecule has 0 aliphatic carbocycles. The van der Waals surface area contributed by atoms with Gasteiger partial charge in [0.2, 0.25) is 0 Å². The average molecular weight is 828 g/mol. The third kappa shape index (κ3) is 8.66. The van der Waals surface area contributed by atoms with Gasteiger partial charge in [-0.25, -0.2) is 8.42 Å². The van der Waals surface area contributed by atoms with Crippen molar-refractivity contribution in [1.82, 2.24) is 9.78 Å². The smallest absolute Gasteiger partial charge is 0.871 e. The first-order valence-corrected chi connectivity index (χ1v) is 17.2. The van der Waals surface area contributed by atoms with Crippen molar-refractivity contribution in [3.05, 3.63) is 145 Å². The molecule has 0 amide bonds. The standard InChI is InChI=1S/C20H13N3O7S.C16H13N5O4.Cr/c24-16-8-5-11-3-1-2-4-13(11)19(16)21-22-20-14-7-6-12(23(26)27)9-15(14)18(10-17(20)25)31(28,29)30;1-10-15(16(23)20(19-10)11-5-3-2-4-6-11)18-17-13-9-12(21(24)25)7-8-14(13)22;/h1-10,24-25H,(H,28,29,30);2-9H,1H3,(H2,17,18,19,22,23);/q;;+3/p-3. The van der Waals surface area contributed by atoms with E-state index in [1.54, 1.807) is 61.5 Å². The van der Waals surface area contributed by atoms with Crippen LogP contribution >= 0.6 is 0 Å². The van der Waals surface area contributed by atoms with Crippen molar-refractivity contribution in [3.63, 3.8) is 0 Å². The van der Waals surface area contributed by atoms with Crippen LogP contribution in [-0.4, -0.2) is 27.5 Å². The van der Waals surface area contributed by atoms with Crippen LogP contribution in [0.25, 0.3) is 27.2 Å². The summed E-state index contributed by atoms with van der Waals surface area (Å²) in [5, 5.41) is 78.5. The molecule has 0 atom stereocenters. The molecule has 19 nitrogen and oxygen atoms in total. The summed E-state index contributed by atoms with van der Waals surface area (Å²) < 4.78 is 36.0. The largest absolute Gasteiger partial charge is 3.00 e. The summed E-state index contributed by atoms with van der Waals surface area (Å²) in [6.07, 6.45) is 0. The van der Waals surface area contributed by atoms with Gasteiger partial charge < -0.3 is 29.7 Å². The normalized spacial score (nSPS) is 11.4. The number of benzene rings is 6. The molecule has 0 aliphatic rings. The minimum absolute atomic E-state index is 0. The summed E-state index contributed by atoms with van der Waals surface area (Å²) in [4.78, 5) is 32.0. The van der Waals surface area contributed by atoms with Gasteiger partial charge in [0.1, 0.15) is 15.8 Å². The number of rotatable bonds is 8. The number of aromatic nitrogens is 2. The zero-order valence-electron chi connectivity index (χ0n) is 30.8. The zero-order chi connectivity index (χ0) is 40.3. The van der Waals surface area contributed by atoms with Gasteiger partial charge in [-0.05, 0) is 29.7 Å². The molecule has 0 unspecified atom stereocenters. The third-order valence-electron chi connectivity index (χ3n) is 8.01. The van der Waals surface area contributed by atoms with Crippen LogP contribution in [0, 0.1) is 27.2 Å². The molecule has 1 radical (unpaired) electrons. The number of non-ortho nitro benzene ring substituents is 2. The van der Waals surface area contributed by atoms with E-state index in [0.29, 0.717) is 28.2 Å². The van der Waals surface area contributed by atoms with Crippen molar-refractivity contribution in [3.8, 4) is 22.9 Å². The molecule has 21 heteroatoms. The van der Waals surface area contributed by atoms with Crippen LogP contribution in [0.3, 0.4) is 0 Å². The minimum atomic E-state index is -5.11. The molecule has 0 saturated carbocycles. The summed E-state index contributed by atoms with van der Waals surface area (Å²) >= 11 is 0. The first-order chi connectivity index (χ1) is 26.6. The topological polar surface area (TPSA) is 298 Å². The van der Waals surface area contributed by atoms with Crippen molar-refractivity contribution in [2.75, 3.05) is 0 Å². The van der Waals surface area contributed by atoms with Crippen molar-refractivity contribution < 1.29 is 58.4 Å². The predicted molar refractivity (Wildman–Crippen MR) is 195 cm³/mol. The van der Waals surface area contributed by atoms with E-state index in [1.807, 2.05) is 6.07 Å². The molecule has 0 bridgehead atoms. The van der Waals surface area contributed by atoms with E-state index in [1.165, 1.54) is 10.7 Å². The van der Waals surface area contributed by atoms with Crippen LogP contribution < -0.4 is 26.0 Å². The molecule has 6 aromatic carbocycles. The maximum Gasteiger partial charge on any atom is 3.00 e. The number of hydrogen-bond donors (Lipinski definition) is 0. The molecular weight excluding hydrogens is 805 g/mol. The molecule has 285 valence electrons. The first kappa shape index (κ1) is 40.9. The van der Waals surface area contributed by atoms with Crippen molar-refractivity contribution in [2.24, 2.45) is 20.5 Å². The van der Waals surface area contributed by atoms with E-state index in [2.05, 4.69) is 25.6 Å². The number of nitrogens with zero attached hydrogens (tertiary/aromatic N) is 8. The van der Waals surface area contributed by atoms with E-state index in [4.69, 9.17) is 0 Å². The van der Waals surface area contributed by atoms with E-state index in [0.717, 1.165) is 36.4 Å². The quantitative estimate of drug-likeness (QED) is 0.0727. The molecule has 1 heterocycles. The third-order valence-corrected chi connectivity index (χ3v) is 8.89. The van der Waals surface area contributed by atoms with Gasteiger partial charge in [-0.2, -0.15) is 15.3 Å². The molecular formula is C36H23CrN8O11S. The second-order valence-electron chi connectivity index (χ2n) is 11.6. The Kier molecular flexibility index (Phi) is 11.9. The fraction of sp³-hybridized carbons (Fsp3) is 0.0278. The number of azo groups is 2. The summed E-state index contributed by atoms with van der Waals surface area (Å²) in [5.74, 6) is -1.92. The van der Waals surface area contributed by atoms with Gasteiger partial charge in [0.05, 0.1) is 31.8 Å². The Morgan fingerprint density at radius 1 is 0.649 bits per heavy atom. The van der Waals surface area contributed by atoms with E-state index in [9.17, 15) is 53.3 Å². The molecule has 57 heavy (non-hydrogen) atoms. The molecule has 0 N–H and O–H groups in total. The number of nitro benzene ring substituents is 2. The van der Waals surface area contributed by atoms with Gasteiger partial charge in [0, 0.05) is 46.1 Å². The molecule has 0 aliphatic heterocycles. The summed E-state index contributed by atoms with van der Waals surface area (Å²) in [6.45, 7) is 1.58. The Hall–Kier alpha value is -7.31. The maximum absolute atomic E-state index is 12.5. The molecule has 0 fully saturated rings. The fourth-order valence-electron chi connectivity index (χ4n) is 5.36. The summed E-state index contributed by atoms with van der Waals surface area (Å²) in [5.41, 5.74) is -1.01. The Labute approximate surface area is 333 Å². The average Bonchev–Trinajstić information content (AvgIpc) is 3.46. The van der Waals surface area contributed by atoms with Crippen LogP contribution in [0.2, 0.25) is 0 Å². The second kappa shape index (κ2) is 16.6. The van der Waals surface area contributed by atoms with Gasteiger partial charge >= 0.3 is 20.2 Å². The Morgan fingerprint density at radius 3 is 1.89 bits per heavy atom. The SMILES string of the molecule is Cc1[n-]n(-c2ccccc2)c(=O)c1N=Nc1cc([N+](=O)[O-])ccc1[O-].O=[N+]([O-])c1ccc2c(N=Nc3c([O-])ccc4ccccc34)c([O-])cc(S(=O)(=O)[O-])c2c1.[Cr+3].[H+].[H+]. The summed E-state index contributed by atoms with van der Waals surface area (Å²) in [6, 6.07) is 25.2. The molecule has 7 aromatic rings. The summed E-state index contributed by atoms with van der Waals surface area (Å²) in [7, 11) is -5.11. The van der Waals surface area contributed by atoms with E-state index < -0.39 is 53.4 Å². The Bertz CT molecular complexity index is 2950. The van der Waals surface area contributed by atoms with Crippen molar-refractivity contribution >= 4 is 65.8 Å².